The van der Waals surface area contributed by atoms with Gasteiger partial charge in [-0.3, -0.25) is 14.5 Å². The molecule has 1 rings (SSSR count). The molecule has 5 nitrogen and oxygen atoms in total. The monoisotopic (exact) mass is 250 g/mol. The Kier molecular flexibility index (Phi) is 4.85. The van der Waals surface area contributed by atoms with Crippen molar-refractivity contribution in [2.45, 2.75) is 13.8 Å². The standard InChI is InChI=1S/C13H18N2O3/c1-9-4-5-11(10(2)6-9)14-12(16)7-15(3)8-13(17)18/h4-6H,7-8H2,1-3H3,(H,14,16)(H,17,18). The van der Waals surface area contributed by atoms with E-state index in [0.29, 0.717) is 0 Å². The lowest BCUT2D eigenvalue weighted by atomic mass is 10.1. The molecule has 0 aliphatic carbocycles. The van der Waals surface area contributed by atoms with Crippen molar-refractivity contribution in [1.82, 2.24) is 4.90 Å². The van der Waals surface area contributed by atoms with E-state index in [1.54, 1.807) is 7.05 Å². The van der Waals surface area contributed by atoms with Gasteiger partial charge >= 0.3 is 5.97 Å². The zero-order chi connectivity index (χ0) is 13.7. The first kappa shape index (κ1) is 14.2. The minimum atomic E-state index is -0.947. The lowest BCUT2D eigenvalue weighted by molar-refractivity contribution is -0.138. The molecule has 0 atom stereocenters. The van der Waals surface area contributed by atoms with Gasteiger partial charge in [0.25, 0.3) is 0 Å². The van der Waals surface area contributed by atoms with Gasteiger partial charge in [-0.15, -0.1) is 0 Å². The molecule has 0 radical (unpaired) electrons. The average Bonchev–Trinajstić information content (AvgIpc) is 2.20. The Hall–Kier alpha value is -1.88. The van der Waals surface area contributed by atoms with Gasteiger partial charge in [-0.1, -0.05) is 17.7 Å². The van der Waals surface area contributed by atoms with Crippen LogP contribution in [0.3, 0.4) is 0 Å². The second-order valence-electron chi connectivity index (χ2n) is 4.43. The summed E-state index contributed by atoms with van der Waals surface area (Å²) in [4.78, 5) is 23.6. The molecule has 2 N–H and O–H groups in total. The number of amides is 1. The summed E-state index contributed by atoms with van der Waals surface area (Å²) in [6.07, 6.45) is 0. The van der Waals surface area contributed by atoms with E-state index in [2.05, 4.69) is 5.32 Å². The predicted octanol–water partition coefficient (Wildman–Crippen LogP) is 1.26. The van der Waals surface area contributed by atoms with Crippen molar-refractivity contribution in [2.24, 2.45) is 0 Å². The Morgan fingerprint density at radius 1 is 1.28 bits per heavy atom. The number of hydrogen-bond donors (Lipinski definition) is 2. The molecule has 0 aliphatic rings. The second-order valence-corrected chi connectivity index (χ2v) is 4.43. The number of nitrogens with one attached hydrogen (secondary N) is 1. The summed E-state index contributed by atoms with van der Waals surface area (Å²) in [6.45, 7) is 3.81. The first-order chi connectivity index (χ1) is 8.38. The molecule has 0 aliphatic heterocycles. The van der Waals surface area contributed by atoms with Crippen LogP contribution in [0.1, 0.15) is 11.1 Å². The Morgan fingerprint density at radius 2 is 1.94 bits per heavy atom. The lowest BCUT2D eigenvalue weighted by Crippen LogP contribution is -2.33. The molecule has 0 saturated heterocycles. The van der Waals surface area contributed by atoms with Crippen LogP contribution in [-0.2, 0) is 9.59 Å². The highest BCUT2D eigenvalue weighted by Crippen LogP contribution is 2.15. The highest BCUT2D eigenvalue weighted by atomic mass is 16.4. The molecule has 1 aromatic rings. The van der Waals surface area contributed by atoms with Crippen LogP contribution in [0.25, 0.3) is 0 Å². The molecule has 0 aromatic heterocycles. The Balaban J connectivity index is 2.56. The maximum atomic E-state index is 11.7. The largest absolute Gasteiger partial charge is 0.480 e. The Labute approximate surface area is 106 Å². The number of aryl methyl sites for hydroxylation is 2. The van der Waals surface area contributed by atoms with Crippen molar-refractivity contribution in [3.63, 3.8) is 0 Å². The van der Waals surface area contributed by atoms with Crippen LogP contribution in [0.2, 0.25) is 0 Å². The van der Waals surface area contributed by atoms with Crippen molar-refractivity contribution in [1.29, 1.82) is 0 Å². The number of carboxylic acid groups (broad SMARTS) is 1. The first-order valence-corrected chi connectivity index (χ1v) is 5.66. The van der Waals surface area contributed by atoms with Crippen molar-refractivity contribution in [2.75, 3.05) is 25.5 Å². The minimum Gasteiger partial charge on any atom is -0.480 e. The van der Waals surface area contributed by atoms with Crippen molar-refractivity contribution >= 4 is 17.6 Å². The van der Waals surface area contributed by atoms with E-state index in [1.807, 2.05) is 32.0 Å². The SMILES string of the molecule is Cc1ccc(NC(=O)CN(C)CC(=O)O)c(C)c1. The molecular formula is C13H18N2O3. The zero-order valence-electron chi connectivity index (χ0n) is 10.9. The van der Waals surface area contributed by atoms with E-state index in [1.165, 1.54) is 4.90 Å². The van der Waals surface area contributed by atoms with Gasteiger partial charge in [0.1, 0.15) is 0 Å². The average molecular weight is 250 g/mol. The smallest absolute Gasteiger partial charge is 0.317 e. The molecule has 98 valence electrons. The molecule has 0 spiro atoms. The summed E-state index contributed by atoms with van der Waals surface area (Å²) in [5.41, 5.74) is 2.88. The van der Waals surface area contributed by atoms with Crippen LogP contribution in [0.4, 0.5) is 5.69 Å². The summed E-state index contributed by atoms with van der Waals surface area (Å²) < 4.78 is 0. The lowest BCUT2D eigenvalue weighted by Gasteiger charge is -2.14. The fraction of sp³-hybridized carbons (Fsp3) is 0.385. The number of carbonyl (C=O) groups is 2. The number of benzene rings is 1. The number of carboxylic acids is 1. The fourth-order valence-electron chi connectivity index (χ4n) is 1.68. The van der Waals surface area contributed by atoms with Gasteiger partial charge < -0.3 is 10.4 Å². The normalized spacial score (nSPS) is 10.4. The summed E-state index contributed by atoms with van der Waals surface area (Å²) in [5, 5.41) is 11.4. The van der Waals surface area contributed by atoms with E-state index >= 15 is 0 Å². The maximum absolute atomic E-state index is 11.7. The summed E-state index contributed by atoms with van der Waals surface area (Å²) >= 11 is 0. The molecular weight excluding hydrogens is 232 g/mol. The third-order valence-electron chi connectivity index (χ3n) is 2.47. The zero-order valence-corrected chi connectivity index (χ0v) is 10.9. The first-order valence-electron chi connectivity index (χ1n) is 5.66. The van der Waals surface area contributed by atoms with Crippen LogP contribution in [0, 0.1) is 13.8 Å². The van der Waals surface area contributed by atoms with Gasteiger partial charge in [0.15, 0.2) is 0 Å². The highest BCUT2D eigenvalue weighted by molar-refractivity contribution is 5.93. The predicted molar refractivity (Wildman–Crippen MR) is 69.7 cm³/mol. The number of hydrogen-bond acceptors (Lipinski definition) is 3. The molecule has 0 saturated carbocycles. The van der Waals surface area contributed by atoms with Crippen LogP contribution >= 0.6 is 0 Å². The molecule has 0 bridgehead atoms. The number of nitrogens with zero attached hydrogens (tertiary/aromatic N) is 1. The number of anilines is 1. The quantitative estimate of drug-likeness (QED) is 0.825. The second kappa shape index (κ2) is 6.16. The third kappa shape index (κ3) is 4.55. The van der Waals surface area contributed by atoms with Crippen molar-refractivity contribution < 1.29 is 14.7 Å². The fourth-order valence-corrected chi connectivity index (χ4v) is 1.68. The van der Waals surface area contributed by atoms with Crippen molar-refractivity contribution in [3.05, 3.63) is 29.3 Å². The van der Waals surface area contributed by atoms with Gasteiger partial charge in [0, 0.05) is 5.69 Å². The molecule has 0 heterocycles. The molecule has 1 amide bonds. The van der Waals surface area contributed by atoms with Gasteiger partial charge in [-0.25, -0.2) is 0 Å². The highest BCUT2D eigenvalue weighted by Gasteiger charge is 2.10. The van der Waals surface area contributed by atoms with E-state index < -0.39 is 5.97 Å². The van der Waals surface area contributed by atoms with E-state index in [-0.39, 0.29) is 19.0 Å². The van der Waals surface area contributed by atoms with Gasteiger partial charge in [0.05, 0.1) is 13.1 Å². The van der Waals surface area contributed by atoms with Crippen LogP contribution in [0.15, 0.2) is 18.2 Å². The molecule has 5 heteroatoms. The van der Waals surface area contributed by atoms with Crippen LogP contribution < -0.4 is 5.32 Å². The summed E-state index contributed by atoms with van der Waals surface area (Å²) in [6, 6.07) is 5.75. The summed E-state index contributed by atoms with van der Waals surface area (Å²) in [7, 11) is 1.59. The van der Waals surface area contributed by atoms with Crippen LogP contribution in [-0.4, -0.2) is 42.0 Å². The molecule has 1 aromatic carbocycles. The topological polar surface area (TPSA) is 69.6 Å². The third-order valence-corrected chi connectivity index (χ3v) is 2.47. The van der Waals surface area contributed by atoms with Gasteiger partial charge in [0.2, 0.25) is 5.91 Å². The molecule has 18 heavy (non-hydrogen) atoms. The van der Waals surface area contributed by atoms with Crippen molar-refractivity contribution in [3.8, 4) is 0 Å². The molecule has 0 fully saturated rings. The number of carbonyl (C=O) groups excluding carboxylic acids is 1. The van der Waals surface area contributed by atoms with Crippen LogP contribution in [0.5, 0.6) is 0 Å². The van der Waals surface area contributed by atoms with E-state index in [4.69, 9.17) is 5.11 Å². The van der Waals surface area contributed by atoms with Gasteiger partial charge in [-0.2, -0.15) is 0 Å². The van der Waals surface area contributed by atoms with Gasteiger partial charge in [-0.05, 0) is 32.5 Å². The Bertz CT molecular complexity index is 458. The minimum absolute atomic E-state index is 0.0552. The number of aliphatic carboxylic acids is 1. The molecule has 0 unspecified atom stereocenters. The maximum Gasteiger partial charge on any atom is 0.317 e. The number of likely N-dealkylation sites (N-methyl/N-ethyl adjacent to an activating group) is 1. The van der Waals surface area contributed by atoms with E-state index in [0.717, 1.165) is 16.8 Å². The summed E-state index contributed by atoms with van der Waals surface area (Å²) in [5.74, 6) is -1.16. The van der Waals surface area contributed by atoms with E-state index in [9.17, 15) is 9.59 Å². The Morgan fingerprint density at radius 3 is 2.50 bits per heavy atom. The number of rotatable bonds is 5.